The number of rotatable bonds is 3. The van der Waals surface area contributed by atoms with Crippen LogP contribution in [0.1, 0.15) is 44.7 Å². The summed E-state index contributed by atoms with van der Waals surface area (Å²) in [6.07, 6.45) is 1.83. The first-order valence-electron chi connectivity index (χ1n) is 8.73. The van der Waals surface area contributed by atoms with Gasteiger partial charge in [-0.05, 0) is 24.5 Å². The highest BCUT2D eigenvalue weighted by atomic mass is 32.2. The van der Waals surface area contributed by atoms with Crippen LogP contribution in [0, 0.1) is 5.41 Å². The van der Waals surface area contributed by atoms with E-state index in [1.807, 2.05) is 25.7 Å². The van der Waals surface area contributed by atoms with Crippen molar-refractivity contribution in [1.29, 1.82) is 0 Å². The molecule has 0 aromatic heterocycles. The SMILES string of the molecule is CC(C)(C)C(=O)N1CCC[C@@H]1COc1cccc2c1C(N)=NS(=O)(=O)C2. The van der Waals surface area contributed by atoms with E-state index in [0.717, 1.165) is 19.4 Å². The zero-order chi connectivity index (χ0) is 19.1. The number of amides is 1. The van der Waals surface area contributed by atoms with Crippen molar-refractivity contribution in [3.8, 4) is 5.75 Å². The number of hydrogen-bond acceptors (Lipinski definition) is 5. The van der Waals surface area contributed by atoms with E-state index >= 15 is 0 Å². The van der Waals surface area contributed by atoms with Crippen molar-refractivity contribution >= 4 is 21.8 Å². The molecule has 26 heavy (non-hydrogen) atoms. The van der Waals surface area contributed by atoms with Gasteiger partial charge in [0.05, 0.1) is 17.4 Å². The molecule has 0 saturated carbocycles. The van der Waals surface area contributed by atoms with Crippen molar-refractivity contribution in [3.63, 3.8) is 0 Å². The molecule has 1 amide bonds. The van der Waals surface area contributed by atoms with Crippen LogP contribution >= 0.6 is 0 Å². The maximum Gasteiger partial charge on any atom is 0.259 e. The summed E-state index contributed by atoms with van der Waals surface area (Å²) in [5, 5.41) is 0. The van der Waals surface area contributed by atoms with Crippen LogP contribution < -0.4 is 10.5 Å². The lowest BCUT2D eigenvalue weighted by Gasteiger charge is -2.31. The molecule has 0 spiro atoms. The van der Waals surface area contributed by atoms with E-state index in [2.05, 4.69) is 4.40 Å². The molecule has 2 aliphatic heterocycles. The molecule has 0 aliphatic carbocycles. The second kappa shape index (κ2) is 6.57. The average molecular weight is 379 g/mol. The fourth-order valence-corrected chi connectivity index (χ4v) is 4.51. The summed E-state index contributed by atoms with van der Waals surface area (Å²) in [4.78, 5) is 14.5. The van der Waals surface area contributed by atoms with Gasteiger partial charge in [-0.2, -0.15) is 0 Å². The van der Waals surface area contributed by atoms with Gasteiger partial charge in [-0.25, -0.2) is 8.42 Å². The minimum atomic E-state index is -3.57. The number of amidine groups is 1. The summed E-state index contributed by atoms with van der Waals surface area (Å²) < 4.78 is 33.1. The minimum absolute atomic E-state index is 0.00284. The second-order valence-electron chi connectivity index (χ2n) is 7.85. The van der Waals surface area contributed by atoms with Gasteiger partial charge in [0.15, 0.2) is 0 Å². The summed E-state index contributed by atoms with van der Waals surface area (Å²) in [7, 11) is -3.57. The first kappa shape index (κ1) is 18.7. The molecule has 2 heterocycles. The van der Waals surface area contributed by atoms with Crippen molar-refractivity contribution in [2.75, 3.05) is 13.2 Å². The molecule has 7 nitrogen and oxygen atoms in total. The average Bonchev–Trinajstić information content (AvgIpc) is 2.97. The quantitative estimate of drug-likeness (QED) is 0.860. The van der Waals surface area contributed by atoms with Crippen LogP contribution in [-0.2, 0) is 20.6 Å². The maximum absolute atomic E-state index is 12.6. The zero-order valence-corrected chi connectivity index (χ0v) is 16.2. The number of fused-ring (bicyclic) bond motifs is 1. The van der Waals surface area contributed by atoms with E-state index in [1.54, 1.807) is 18.2 Å². The van der Waals surface area contributed by atoms with E-state index < -0.39 is 15.4 Å². The van der Waals surface area contributed by atoms with Crippen molar-refractivity contribution in [3.05, 3.63) is 29.3 Å². The Morgan fingerprint density at radius 1 is 1.38 bits per heavy atom. The number of sulfonamides is 1. The second-order valence-corrected chi connectivity index (χ2v) is 9.48. The third-order valence-corrected chi connectivity index (χ3v) is 5.81. The Labute approximate surface area is 154 Å². The molecule has 2 N–H and O–H groups in total. The summed E-state index contributed by atoms with van der Waals surface area (Å²) in [5.41, 5.74) is 6.56. The summed E-state index contributed by atoms with van der Waals surface area (Å²) >= 11 is 0. The van der Waals surface area contributed by atoms with Crippen LogP contribution in [0.4, 0.5) is 0 Å². The van der Waals surface area contributed by atoms with Crippen LogP contribution in [-0.4, -0.2) is 44.3 Å². The van der Waals surface area contributed by atoms with Crippen LogP contribution in [0.3, 0.4) is 0 Å². The van der Waals surface area contributed by atoms with Crippen LogP contribution in [0.25, 0.3) is 0 Å². The number of nitrogens with two attached hydrogens (primary N) is 1. The molecule has 0 unspecified atom stereocenters. The number of nitrogens with zero attached hydrogens (tertiary/aromatic N) is 2. The molecule has 0 radical (unpaired) electrons. The van der Waals surface area contributed by atoms with Crippen molar-refractivity contribution in [1.82, 2.24) is 4.90 Å². The van der Waals surface area contributed by atoms with Crippen molar-refractivity contribution < 1.29 is 17.9 Å². The molecule has 1 aromatic carbocycles. The van der Waals surface area contributed by atoms with Gasteiger partial charge in [0.1, 0.15) is 18.2 Å². The van der Waals surface area contributed by atoms with Gasteiger partial charge in [-0.15, -0.1) is 4.40 Å². The fraction of sp³-hybridized carbons (Fsp3) is 0.556. The first-order valence-corrected chi connectivity index (χ1v) is 10.3. The van der Waals surface area contributed by atoms with Crippen LogP contribution in [0.15, 0.2) is 22.6 Å². The molecule has 1 aromatic rings. The number of ether oxygens (including phenoxy) is 1. The number of likely N-dealkylation sites (tertiary alicyclic amines) is 1. The highest BCUT2D eigenvalue weighted by Crippen LogP contribution is 2.30. The van der Waals surface area contributed by atoms with E-state index in [4.69, 9.17) is 10.5 Å². The van der Waals surface area contributed by atoms with Gasteiger partial charge >= 0.3 is 0 Å². The number of carbonyl (C=O) groups excluding carboxylic acids is 1. The molecular weight excluding hydrogens is 354 g/mol. The lowest BCUT2D eigenvalue weighted by atomic mass is 9.94. The van der Waals surface area contributed by atoms with E-state index in [-0.39, 0.29) is 23.5 Å². The zero-order valence-electron chi connectivity index (χ0n) is 15.4. The van der Waals surface area contributed by atoms with Gasteiger partial charge in [0, 0.05) is 12.0 Å². The van der Waals surface area contributed by atoms with Gasteiger partial charge < -0.3 is 15.4 Å². The normalized spacial score (nSPS) is 21.9. The molecular formula is C18H25N3O4S. The van der Waals surface area contributed by atoms with Gasteiger partial charge in [-0.1, -0.05) is 32.9 Å². The predicted octanol–water partition coefficient (Wildman–Crippen LogP) is 1.65. The van der Waals surface area contributed by atoms with Crippen molar-refractivity contribution in [2.24, 2.45) is 15.5 Å². The highest BCUT2D eigenvalue weighted by molar-refractivity contribution is 7.89. The maximum atomic E-state index is 12.6. The lowest BCUT2D eigenvalue weighted by molar-refractivity contribution is -0.140. The third-order valence-electron chi connectivity index (χ3n) is 4.65. The topological polar surface area (TPSA) is 102 Å². The van der Waals surface area contributed by atoms with E-state index in [9.17, 15) is 13.2 Å². The standard InChI is InChI=1S/C18H25N3O4S/c1-18(2,3)17(22)21-9-5-7-13(21)10-25-14-8-4-6-12-11-26(23,24)20-16(19)15(12)14/h4,6,8,13H,5,7,9-11H2,1-3H3,(H2,19,20)/t13-/m1/s1. The van der Waals surface area contributed by atoms with Crippen LogP contribution in [0.2, 0.25) is 0 Å². The van der Waals surface area contributed by atoms with E-state index in [1.165, 1.54) is 0 Å². The van der Waals surface area contributed by atoms with Gasteiger partial charge in [0.25, 0.3) is 10.0 Å². The molecule has 2 aliphatic rings. The summed E-state index contributed by atoms with van der Waals surface area (Å²) in [6, 6.07) is 5.22. The number of carbonyl (C=O) groups is 1. The summed E-state index contributed by atoms with van der Waals surface area (Å²) in [6.45, 7) is 6.82. The van der Waals surface area contributed by atoms with Gasteiger partial charge in [0.2, 0.25) is 5.91 Å². The Bertz CT molecular complexity index is 856. The Morgan fingerprint density at radius 2 is 2.12 bits per heavy atom. The number of benzene rings is 1. The van der Waals surface area contributed by atoms with Crippen molar-refractivity contribution in [2.45, 2.75) is 45.4 Å². The molecule has 3 rings (SSSR count). The Morgan fingerprint density at radius 3 is 2.81 bits per heavy atom. The molecule has 1 atom stereocenters. The largest absolute Gasteiger partial charge is 0.491 e. The first-order chi connectivity index (χ1) is 12.1. The highest BCUT2D eigenvalue weighted by Gasteiger charge is 2.35. The third kappa shape index (κ3) is 3.70. The van der Waals surface area contributed by atoms with E-state index in [0.29, 0.717) is 23.5 Å². The Kier molecular flexibility index (Phi) is 4.72. The summed E-state index contributed by atoms with van der Waals surface area (Å²) in [5.74, 6) is 0.397. The van der Waals surface area contributed by atoms with Crippen LogP contribution in [0.5, 0.6) is 5.75 Å². The molecule has 0 bridgehead atoms. The molecule has 1 saturated heterocycles. The molecule has 8 heteroatoms. The lowest BCUT2D eigenvalue weighted by Crippen LogP contribution is -2.44. The monoisotopic (exact) mass is 379 g/mol. The Hall–Kier alpha value is -2.09. The fourth-order valence-electron chi connectivity index (χ4n) is 3.43. The minimum Gasteiger partial charge on any atom is -0.491 e. The smallest absolute Gasteiger partial charge is 0.259 e. The molecule has 1 fully saturated rings. The number of hydrogen-bond donors (Lipinski definition) is 1. The van der Waals surface area contributed by atoms with Gasteiger partial charge in [-0.3, -0.25) is 4.79 Å². The predicted molar refractivity (Wildman–Crippen MR) is 99.5 cm³/mol. The Balaban J connectivity index is 1.78. The molecule has 142 valence electrons.